The van der Waals surface area contributed by atoms with Gasteiger partial charge in [0.2, 0.25) is 11.6 Å². The number of aliphatic hydroxyl groups is 1. The summed E-state index contributed by atoms with van der Waals surface area (Å²) in [5.41, 5.74) is -3.57. The van der Waals surface area contributed by atoms with E-state index >= 15 is 0 Å². The van der Waals surface area contributed by atoms with Crippen molar-refractivity contribution < 1.29 is 33.0 Å². The second kappa shape index (κ2) is 7.20. The number of aliphatic hydroxyl groups excluding tert-OH is 1. The lowest BCUT2D eigenvalue weighted by atomic mass is 9.45. The van der Waals surface area contributed by atoms with Gasteiger partial charge in [-0.3, -0.25) is 14.4 Å². The number of esters is 1. The molecular formula is C24H29ClF2O5. The molecule has 1 unspecified atom stereocenters. The highest BCUT2D eigenvalue weighted by Crippen LogP contribution is 2.72. The summed E-state index contributed by atoms with van der Waals surface area (Å²) in [7, 11) is 0. The number of halogens is 3. The number of carbonyl (C=O) groups excluding carboxylic acids is 3. The van der Waals surface area contributed by atoms with Crippen LogP contribution in [-0.4, -0.2) is 45.9 Å². The minimum atomic E-state index is -1.71. The van der Waals surface area contributed by atoms with E-state index in [-0.39, 0.29) is 30.3 Å². The minimum absolute atomic E-state index is 0.0205. The lowest BCUT2D eigenvalue weighted by molar-refractivity contribution is -0.200. The molecule has 4 rings (SSSR count). The van der Waals surface area contributed by atoms with Gasteiger partial charge in [-0.1, -0.05) is 26.8 Å². The number of carbonyl (C=O) groups is 3. The van der Waals surface area contributed by atoms with Crippen molar-refractivity contribution in [1.82, 2.24) is 0 Å². The van der Waals surface area contributed by atoms with Crippen molar-refractivity contribution in [2.24, 2.45) is 28.6 Å². The van der Waals surface area contributed by atoms with Gasteiger partial charge < -0.3 is 9.84 Å². The topological polar surface area (TPSA) is 80.7 Å². The summed E-state index contributed by atoms with van der Waals surface area (Å²) in [6.45, 7) is 5.17. The Kier molecular flexibility index (Phi) is 5.30. The van der Waals surface area contributed by atoms with Crippen LogP contribution in [0.4, 0.5) is 8.78 Å². The molecule has 5 nitrogen and oxygen atoms in total. The SMILES string of the molecule is CC(=O)O[C@]1(C(=O)CF)C(C)C[C@H]2[C@@H]3CCC4=C(F)C(=O)C=C[C@]4(C)[C@@]3(Cl)[C@@H](O)C[C@@]21C. The highest BCUT2D eigenvalue weighted by atomic mass is 35.5. The number of ketones is 2. The lowest BCUT2D eigenvalue weighted by Gasteiger charge is -2.64. The average molecular weight is 471 g/mol. The molecule has 0 amide bonds. The summed E-state index contributed by atoms with van der Waals surface area (Å²) in [6.07, 6.45) is 2.64. The van der Waals surface area contributed by atoms with E-state index in [1.165, 1.54) is 13.0 Å². The number of alkyl halides is 2. The number of fused-ring (bicyclic) bond motifs is 5. The van der Waals surface area contributed by atoms with Crippen LogP contribution in [0.25, 0.3) is 0 Å². The summed E-state index contributed by atoms with van der Waals surface area (Å²) >= 11 is 7.26. The van der Waals surface area contributed by atoms with E-state index < -0.39 is 63.4 Å². The van der Waals surface area contributed by atoms with E-state index in [9.17, 15) is 28.3 Å². The maximum atomic E-state index is 14.8. The Morgan fingerprint density at radius 3 is 2.56 bits per heavy atom. The third-order valence-electron chi connectivity index (χ3n) is 9.11. The molecule has 4 aliphatic carbocycles. The zero-order chi connectivity index (χ0) is 23.9. The number of hydrogen-bond acceptors (Lipinski definition) is 5. The first-order chi connectivity index (χ1) is 14.8. The van der Waals surface area contributed by atoms with E-state index in [0.29, 0.717) is 12.8 Å². The first-order valence-corrected chi connectivity index (χ1v) is 11.5. The second-order valence-corrected chi connectivity index (χ2v) is 11.0. The van der Waals surface area contributed by atoms with Gasteiger partial charge in [-0.25, -0.2) is 8.78 Å². The maximum absolute atomic E-state index is 14.8. The smallest absolute Gasteiger partial charge is 0.303 e. The van der Waals surface area contributed by atoms with Crippen molar-refractivity contribution in [3.63, 3.8) is 0 Å². The number of allylic oxidation sites excluding steroid dienone is 4. The molecule has 0 aromatic carbocycles. The van der Waals surface area contributed by atoms with Gasteiger partial charge in [0.05, 0.1) is 11.0 Å². The molecule has 32 heavy (non-hydrogen) atoms. The van der Waals surface area contributed by atoms with Crippen LogP contribution >= 0.6 is 11.6 Å². The molecule has 0 aromatic rings. The van der Waals surface area contributed by atoms with Gasteiger partial charge in [0.1, 0.15) is 0 Å². The Hall–Kier alpha value is -1.60. The van der Waals surface area contributed by atoms with Crippen LogP contribution in [-0.2, 0) is 19.1 Å². The molecule has 3 saturated carbocycles. The van der Waals surface area contributed by atoms with Crippen LogP contribution < -0.4 is 0 Å². The molecule has 0 heterocycles. The van der Waals surface area contributed by atoms with Crippen LogP contribution in [0.2, 0.25) is 0 Å². The molecule has 0 spiro atoms. The molecule has 0 radical (unpaired) electrons. The van der Waals surface area contributed by atoms with Gasteiger partial charge in [0.15, 0.2) is 18.1 Å². The number of Topliss-reactive ketones (excluding diaryl/α,β-unsaturated/α-hetero) is 1. The first-order valence-electron chi connectivity index (χ1n) is 11.1. The molecule has 0 saturated heterocycles. The van der Waals surface area contributed by atoms with Crippen LogP contribution in [0, 0.1) is 28.6 Å². The minimum Gasteiger partial charge on any atom is -0.450 e. The van der Waals surface area contributed by atoms with Gasteiger partial charge in [-0.2, -0.15) is 0 Å². The van der Waals surface area contributed by atoms with Crippen LogP contribution in [0.1, 0.15) is 53.4 Å². The van der Waals surface area contributed by atoms with Crippen molar-refractivity contribution in [3.05, 3.63) is 23.6 Å². The van der Waals surface area contributed by atoms with Gasteiger partial charge >= 0.3 is 5.97 Å². The van der Waals surface area contributed by atoms with E-state index in [0.717, 1.165) is 0 Å². The Labute approximate surface area is 191 Å². The predicted octanol–water partition coefficient (Wildman–Crippen LogP) is 4.01. The molecule has 1 N–H and O–H groups in total. The normalized spacial score (nSPS) is 47.6. The summed E-state index contributed by atoms with van der Waals surface area (Å²) in [5.74, 6) is -4.16. The van der Waals surface area contributed by atoms with Gasteiger partial charge in [-0.05, 0) is 49.2 Å². The van der Waals surface area contributed by atoms with Crippen molar-refractivity contribution in [3.8, 4) is 0 Å². The molecule has 0 bridgehead atoms. The monoisotopic (exact) mass is 470 g/mol. The molecule has 4 aliphatic rings. The molecular weight excluding hydrogens is 442 g/mol. The summed E-state index contributed by atoms with van der Waals surface area (Å²) in [4.78, 5) is 35.7. The van der Waals surface area contributed by atoms with Crippen LogP contribution in [0.5, 0.6) is 0 Å². The third-order valence-corrected chi connectivity index (χ3v) is 10.0. The number of hydrogen-bond donors (Lipinski definition) is 1. The first kappa shape index (κ1) is 23.6. The fourth-order valence-corrected chi connectivity index (χ4v) is 8.32. The van der Waals surface area contributed by atoms with Crippen molar-refractivity contribution >= 4 is 29.1 Å². The largest absolute Gasteiger partial charge is 0.450 e. The number of rotatable bonds is 3. The Morgan fingerprint density at radius 2 is 1.97 bits per heavy atom. The van der Waals surface area contributed by atoms with E-state index in [2.05, 4.69) is 0 Å². The fourth-order valence-electron chi connectivity index (χ4n) is 7.80. The van der Waals surface area contributed by atoms with E-state index in [1.54, 1.807) is 26.8 Å². The highest BCUT2D eigenvalue weighted by molar-refractivity contribution is 6.26. The molecule has 8 atom stereocenters. The van der Waals surface area contributed by atoms with Crippen molar-refractivity contribution in [2.75, 3.05) is 6.67 Å². The Bertz CT molecular complexity index is 962. The fraction of sp³-hybridized carbons (Fsp3) is 0.708. The van der Waals surface area contributed by atoms with Crippen molar-refractivity contribution in [1.29, 1.82) is 0 Å². The van der Waals surface area contributed by atoms with Crippen LogP contribution in [0.3, 0.4) is 0 Å². The maximum Gasteiger partial charge on any atom is 0.303 e. The summed E-state index contributed by atoms with van der Waals surface area (Å²) in [5, 5.41) is 11.5. The predicted molar refractivity (Wildman–Crippen MR) is 113 cm³/mol. The average Bonchev–Trinajstić information content (AvgIpc) is 2.93. The Balaban J connectivity index is 1.88. The summed E-state index contributed by atoms with van der Waals surface area (Å²) in [6, 6.07) is 0. The molecule has 8 heteroatoms. The second-order valence-electron chi connectivity index (χ2n) is 10.4. The zero-order valence-electron chi connectivity index (χ0n) is 18.7. The molecule has 176 valence electrons. The van der Waals surface area contributed by atoms with E-state index in [1.807, 2.05) is 0 Å². The van der Waals surface area contributed by atoms with Crippen LogP contribution in [0.15, 0.2) is 23.6 Å². The summed E-state index contributed by atoms with van der Waals surface area (Å²) < 4.78 is 34.3. The molecule has 3 fully saturated rings. The number of ether oxygens (including phenoxy) is 1. The highest BCUT2D eigenvalue weighted by Gasteiger charge is 2.76. The van der Waals surface area contributed by atoms with Gasteiger partial charge in [-0.15, -0.1) is 11.6 Å². The molecule has 0 aromatic heterocycles. The van der Waals surface area contributed by atoms with E-state index in [4.69, 9.17) is 16.3 Å². The van der Waals surface area contributed by atoms with Gasteiger partial charge in [0, 0.05) is 23.7 Å². The quantitative estimate of drug-likeness (QED) is 0.498. The van der Waals surface area contributed by atoms with Crippen molar-refractivity contribution in [2.45, 2.75) is 70.0 Å². The zero-order valence-corrected chi connectivity index (χ0v) is 19.5. The molecule has 0 aliphatic heterocycles. The Morgan fingerprint density at radius 1 is 1.31 bits per heavy atom. The van der Waals surface area contributed by atoms with Gasteiger partial charge in [0.25, 0.3) is 0 Å². The lowest BCUT2D eigenvalue weighted by Crippen LogP contribution is -2.69. The third kappa shape index (κ3) is 2.55. The standard InChI is InChI=1S/C24H29ClF2O5/c1-12-9-16-14-5-6-15-20(27)17(29)7-8-21(15,3)23(14,25)18(30)10-22(16,4)24(12,19(31)11-26)32-13(2)28/h7-8,12,14,16,18,30H,5-6,9-11H2,1-4H3/t12?,14-,16-,18-,21-,22-,23-,24-/m0/s1.